The van der Waals surface area contributed by atoms with Crippen LogP contribution in [0.5, 0.6) is 5.75 Å². The lowest BCUT2D eigenvalue weighted by Crippen LogP contribution is -2.02. The van der Waals surface area contributed by atoms with Gasteiger partial charge in [0, 0.05) is 10.0 Å². The van der Waals surface area contributed by atoms with E-state index in [-0.39, 0.29) is 12.2 Å². The van der Waals surface area contributed by atoms with Crippen molar-refractivity contribution in [3.05, 3.63) is 63.4 Å². The molecule has 108 valence electrons. The second kappa shape index (κ2) is 6.70. The molecule has 0 amide bonds. The Kier molecular flexibility index (Phi) is 4.94. The molecule has 0 aromatic heterocycles. The Bertz CT molecular complexity index is 695. The average Bonchev–Trinajstić information content (AvgIpc) is 2.44. The third-order valence-corrected chi connectivity index (χ3v) is 3.40. The molecule has 0 bridgehead atoms. The van der Waals surface area contributed by atoms with E-state index < -0.39 is 11.9 Å². The summed E-state index contributed by atoms with van der Waals surface area (Å²) >= 11 is 3.34. The predicted octanol–water partition coefficient (Wildman–Crippen LogP) is 4.09. The van der Waals surface area contributed by atoms with Gasteiger partial charge in [0.15, 0.2) is 0 Å². The fourth-order valence-corrected chi connectivity index (χ4v) is 2.28. The van der Waals surface area contributed by atoms with Crippen molar-refractivity contribution < 1.29 is 14.2 Å². The Labute approximate surface area is 130 Å². The van der Waals surface area contributed by atoms with E-state index in [1.807, 2.05) is 12.1 Å². The van der Waals surface area contributed by atoms with Crippen molar-refractivity contribution in [3.63, 3.8) is 0 Å². The molecule has 0 saturated carbocycles. The van der Waals surface area contributed by atoms with Gasteiger partial charge in [-0.05, 0) is 42.8 Å². The van der Waals surface area contributed by atoms with E-state index in [2.05, 4.69) is 15.9 Å². The molecule has 1 atom stereocenters. The van der Waals surface area contributed by atoms with Crippen molar-refractivity contribution >= 4 is 15.9 Å². The lowest BCUT2D eigenvalue weighted by atomic mass is 10.1. The molecular formula is C16H13BrFNO2. The number of aliphatic hydroxyl groups excluding tert-OH is 1. The van der Waals surface area contributed by atoms with Crippen LogP contribution in [0.1, 0.15) is 29.7 Å². The van der Waals surface area contributed by atoms with Crippen LogP contribution in [-0.2, 0) is 6.61 Å². The molecule has 2 aromatic carbocycles. The molecule has 1 N–H and O–H groups in total. The van der Waals surface area contributed by atoms with Gasteiger partial charge < -0.3 is 9.84 Å². The quantitative estimate of drug-likeness (QED) is 0.904. The number of hydrogen-bond donors (Lipinski definition) is 1. The van der Waals surface area contributed by atoms with Gasteiger partial charge in [-0.25, -0.2) is 4.39 Å². The summed E-state index contributed by atoms with van der Waals surface area (Å²) in [4.78, 5) is 0. The van der Waals surface area contributed by atoms with E-state index in [1.165, 1.54) is 12.1 Å². The first-order chi connectivity index (χ1) is 9.99. The van der Waals surface area contributed by atoms with Crippen LogP contribution >= 0.6 is 15.9 Å². The van der Waals surface area contributed by atoms with Crippen molar-refractivity contribution in [2.75, 3.05) is 0 Å². The topological polar surface area (TPSA) is 53.2 Å². The molecular weight excluding hydrogens is 337 g/mol. The molecule has 21 heavy (non-hydrogen) atoms. The van der Waals surface area contributed by atoms with Crippen LogP contribution in [0.4, 0.5) is 4.39 Å². The van der Waals surface area contributed by atoms with Crippen LogP contribution in [0.25, 0.3) is 0 Å². The van der Waals surface area contributed by atoms with E-state index >= 15 is 0 Å². The zero-order valence-electron chi connectivity index (χ0n) is 11.3. The molecule has 0 aliphatic heterocycles. The molecule has 5 heteroatoms. The van der Waals surface area contributed by atoms with Crippen molar-refractivity contribution in [1.29, 1.82) is 5.26 Å². The van der Waals surface area contributed by atoms with Gasteiger partial charge in [0.1, 0.15) is 18.2 Å². The maximum atomic E-state index is 13.4. The first kappa shape index (κ1) is 15.5. The number of nitrogens with zero attached hydrogens (tertiary/aromatic N) is 1. The molecule has 0 spiro atoms. The molecule has 2 aromatic rings. The molecule has 0 saturated heterocycles. The van der Waals surface area contributed by atoms with Gasteiger partial charge in [0.25, 0.3) is 0 Å². The van der Waals surface area contributed by atoms with Gasteiger partial charge in [-0.1, -0.05) is 22.0 Å². The van der Waals surface area contributed by atoms with Gasteiger partial charge in [-0.3, -0.25) is 0 Å². The van der Waals surface area contributed by atoms with Crippen LogP contribution in [0.15, 0.2) is 40.9 Å². The van der Waals surface area contributed by atoms with E-state index in [0.29, 0.717) is 16.9 Å². The Morgan fingerprint density at radius 3 is 2.76 bits per heavy atom. The second-order valence-electron chi connectivity index (χ2n) is 4.61. The first-order valence-electron chi connectivity index (χ1n) is 6.29. The summed E-state index contributed by atoms with van der Waals surface area (Å²) in [5.74, 6) is 0.0415. The summed E-state index contributed by atoms with van der Waals surface area (Å²) in [6.45, 7) is 1.76. The lowest BCUT2D eigenvalue weighted by Gasteiger charge is -2.14. The SMILES string of the molecule is C[C@@H](O)c1ccc(Br)cc1OCc1cc(F)cc(C#N)c1. The summed E-state index contributed by atoms with van der Waals surface area (Å²) in [6.07, 6.45) is -0.671. The van der Waals surface area contributed by atoms with Crippen LogP contribution in [0.3, 0.4) is 0 Å². The minimum absolute atomic E-state index is 0.114. The van der Waals surface area contributed by atoms with Crippen LogP contribution in [-0.4, -0.2) is 5.11 Å². The van der Waals surface area contributed by atoms with E-state index in [1.54, 1.807) is 25.1 Å². The molecule has 0 radical (unpaired) electrons. The Morgan fingerprint density at radius 2 is 2.10 bits per heavy atom. The maximum Gasteiger partial charge on any atom is 0.126 e. The summed E-state index contributed by atoms with van der Waals surface area (Å²) < 4.78 is 19.8. The molecule has 2 rings (SSSR count). The van der Waals surface area contributed by atoms with Gasteiger partial charge in [-0.15, -0.1) is 0 Å². The van der Waals surface area contributed by atoms with Crippen LogP contribution in [0, 0.1) is 17.1 Å². The predicted molar refractivity (Wildman–Crippen MR) is 80.2 cm³/mol. The Hall–Kier alpha value is -1.90. The molecule has 3 nitrogen and oxygen atoms in total. The van der Waals surface area contributed by atoms with Crippen molar-refractivity contribution in [2.45, 2.75) is 19.6 Å². The molecule has 0 aliphatic carbocycles. The Morgan fingerprint density at radius 1 is 1.33 bits per heavy atom. The molecule has 0 unspecified atom stereocenters. The summed E-state index contributed by atoms with van der Waals surface area (Å²) in [6, 6.07) is 11.3. The normalized spacial score (nSPS) is 11.8. The van der Waals surface area contributed by atoms with Crippen LogP contribution < -0.4 is 4.74 Å². The summed E-state index contributed by atoms with van der Waals surface area (Å²) in [7, 11) is 0. The lowest BCUT2D eigenvalue weighted by molar-refractivity contribution is 0.190. The number of nitriles is 1. The zero-order valence-corrected chi connectivity index (χ0v) is 12.9. The number of hydrogen-bond acceptors (Lipinski definition) is 3. The molecule has 0 heterocycles. The van der Waals surface area contributed by atoms with Crippen molar-refractivity contribution in [1.82, 2.24) is 0 Å². The fourth-order valence-electron chi connectivity index (χ4n) is 1.94. The number of aliphatic hydroxyl groups is 1. The average molecular weight is 350 g/mol. The maximum absolute atomic E-state index is 13.4. The van der Waals surface area contributed by atoms with Crippen molar-refractivity contribution in [2.24, 2.45) is 0 Å². The highest BCUT2D eigenvalue weighted by Gasteiger charge is 2.10. The highest BCUT2D eigenvalue weighted by molar-refractivity contribution is 9.10. The monoisotopic (exact) mass is 349 g/mol. The smallest absolute Gasteiger partial charge is 0.126 e. The Balaban J connectivity index is 2.22. The van der Waals surface area contributed by atoms with Gasteiger partial charge in [0.2, 0.25) is 0 Å². The third-order valence-electron chi connectivity index (χ3n) is 2.91. The first-order valence-corrected chi connectivity index (χ1v) is 7.09. The number of ether oxygens (including phenoxy) is 1. The largest absolute Gasteiger partial charge is 0.488 e. The highest BCUT2D eigenvalue weighted by atomic mass is 79.9. The summed E-state index contributed by atoms with van der Waals surface area (Å²) in [5, 5.41) is 18.5. The van der Waals surface area contributed by atoms with Gasteiger partial charge >= 0.3 is 0 Å². The highest BCUT2D eigenvalue weighted by Crippen LogP contribution is 2.29. The standard InChI is InChI=1S/C16H13BrFNO2/c1-10(20)15-3-2-13(17)7-16(15)21-9-12-4-11(8-19)5-14(18)6-12/h2-7,10,20H,9H2,1H3/t10-/m1/s1. The molecule has 0 aliphatic rings. The minimum Gasteiger partial charge on any atom is -0.488 e. The van der Waals surface area contributed by atoms with Crippen LogP contribution in [0.2, 0.25) is 0 Å². The van der Waals surface area contributed by atoms with Gasteiger partial charge in [-0.2, -0.15) is 5.26 Å². The number of benzene rings is 2. The summed E-state index contributed by atoms with van der Waals surface area (Å²) in [5.41, 5.74) is 1.46. The number of halogens is 2. The zero-order chi connectivity index (χ0) is 15.4. The second-order valence-corrected chi connectivity index (χ2v) is 5.52. The minimum atomic E-state index is -0.671. The third kappa shape index (κ3) is 4.03. The number of rotatable bonds is 4. The van der Waals surface area contributed by atoms with Crippen molar-refractivity contribution in [3.8, 4) is 11.8 Å². The fraction of sp³-hybridized carbons (Fsp3) is 0.188. The van der Waals surface area contributed by atoms with E-state index in [0.717, 1.165) is 4.47 Å². The van der Waals surface area contributed by atoms with E-state index in [4.69, 9.17) is 10.00 Å². The van der Waals surface area contributed by atoms with Gasteiger partial charge in [0.05, 0.1) is 17.7 Å². The van der Waals surface area contributed by atoms with E-state index in [9.17, 15) is 9.50 Å². The molecule has 0 fully saturated rings.